The van der Waals surface area contributed by atoms with Gasteiger partial charge >= 0.3 is 12.0 Å². The van der Waals surface area contributed by atoms with Crippen LogP contribution in [-0.4, -0.2) is 23.6 Å². The van der Waals surface area contributed by atoms with Gasteiger partial charge in [-0.1, -0.05) is 54.4 Å². The van der Waals surface area contributed by atoms with Crippen molar-refractivity contribution in [2.45, 2.75) is 51.7 Å². The zero-order chi connectivity index (χ0) is 25.0. The van der Waals surface area contributed by atoms with E-state index in [2.05, 4.69) is 16.0 Å². The maximum atomic E-state index is 13.5. The summed E-state index contributed by atoms with van der Waals surface area (Å²) in [6.45, 7) is 3.18. The Balaban J connectivity index is 1.65. The van der Waals surface area contributed by atoms with Crippen LogP contribution in [0.5, 0.6) is 0 Å². The quantitative estimate of drug-likeness (QED) is 0.283. The van der Waals surface area contributed by atoms with Gasteiger partial charge in [-0.2, -0.15) is 0 Å². The van der Waals surface area contributed by atoms with Crippen molar-refractivity contribution in [3.05, 3.63) is 70.7 Å². The molecule has 0 bridgehead atoms. The third kappa shape index (κ3) is 5.74. The average Bonchev–Trinajstić information content (AvgIpc) is 2.81. The molecule has 7 nitrogen and oxygen atoms in total. The minimum atomic E-state index is -1.05. The normalized spacial score (nSPS) is 14.7. The summed E-state index contributed by atoms with van der Waals surface area (Å²) in [5, 5.41) is 10.6. The summed E-state index contributed by atoms with van der Waals surface area (Å²) < 4.78 is 5.60. The van der Waals surface area contributed by atoms with Gasteiger partial charge in [-0.15, -0.1) is 0 Å². The summed E-state index contributed by atoms with van der Waals surface area (Å²) in [6.07, 6.45) is 3.79. The number of benzene rings is 3. The van der Waals surface area contributed by atoms with Crippen molar-refractivity contribution in [1.82, 2.24) is 5.32 Å². The highest BCUT2D eigenvalue weighted by Crippen LogP contribution is 2.32. The molecule has 1 fully saturated rings. The fourth-order valence-electron chi connectivity index (χ4n) is 4.51. The van der Waals surface area contributed by atoms with E-state index in [1.54, 1.807) is 24.3 Å². The molecule has 1 saturated carbocycles. The second-order valence-corrected chi connectivity index (χ2v) is 9.27. The van der Waals surface area contributed by atoms with Crippen LogP contribution in [-0.2, 0) is 9.53 Å². The first kappa shape index (κ1) is 24.5. The van der Waals surface area contributed by atoms with Crippen LogP contribution in [0.3, 0.4) is 0 Å². The summed E-state index contributed by atoms with van der Waals surface area (Å²) in [4.78, 5) is 38.2. The van der Waals surface area contributed by atoms with Gasteiger partial charge in [0, 0.05) is 19.8 Å². The number of amides is 3. The van der Waals surface area contributed by atoms with E-state index in [0.717, 1.165) is 35.6 Å². The minimum absolute atomic E-state index is 0.270. The number of hydrogen-bond acceptors (Lipinski definition) is 4. The van der Waals surface area contributed by atoms with Gasteiger partial charge in [-0.3, -0.25) is 9.59 Å². The number of aryl methyl sites for hydroxylation is 1. The zero-order valence-electron chi connectivity index (χ0n) is 19.7. The van der Waals surface area contributed by atoms with Crippen molar-refractivity contribution in [3.63, 3.8) is 0 Å². The standard InChI is InChI=1S/C27H28ClN3O4/c1-17-9-8-12-22(28)24(17)30-26(34)29-23-16-20-11-5-4-10-19(20)15-21(23)25(33)31-27(35-18(2)32)13-6-3-7-14-27/h4-5,8-12,15-16H,3,6-7,13-14H2,1-2H3,(H,31,33)(H2,29,30,34). The van der Waals surface area contributed by atoms with Crippen LogP contribution in [0.4, 0.5) is 16.2 Å². The van der Waals surface area contributed by atoms with Crippen molar-refractivity contribution in [1.29, 1.82) is 0 Å². The van der Waals surface area contributed by atoms with Crippen LogP contribution in [0.1, 0.15) is 54.9 Å². The van der Waals surface area contributed by atoms with Gasteiger partial charge < -0.3 is 20.7 Å². The predicted octanol–water partition coefficient (Wildman–Crippen LogP) is 6.40. The largest absolute Gasteiger partial charge is 0.439 e. The van der Waals surface area contributed by atoms with Crippen LogP contribution in [0.2, 0.25) is 5.02 Å². The summed E-state index contributed by atoms with van der Waals surface area (Å²) >= 11 is 6.25. The fourth-order valence-corrected chi connectivity index (χ4v) is 4.78. The highest BCUT2D eigenvalue weighted by Gasteiger charge is 2.37. The van der Waals surface area contributed by atoms with Crippen molar-refractivity contribution in [3.8, 4) is 0 Å². The Morgan fingerprint density at radius 2 is 1.60 bits per heavy atom. The first-order valence-corrected chi connectivity index (χ1v) is 12.0. The molecule has 3 aromatic carbocycles. The van der Waals surface area contributed by atoms with Gasteiger partial charge in [0.2, 0.25) is 0 Å². The number of esters is 1. The molecule has 0 aliphatic heterocycles. The molecule has 0 atom stereocenters. The fraction of sp³-hybridized carbons (Fsp3) is 0.296. The van der Waals surface area contributed by atoms with Crippen molar-refractivity contribution < 1.29 is 19.1 Å². The SMILES string of the molecule is CC(=O)OC1(NC(=O)c2cc3ccccc3cc2NC(=O)Nc2c(C)cccc2Cl)CCCCC1. The van der Waals surface area contributed by atoms with Gasteiger partial charge in [-0.05, 0) is 54.3 Å². The van der Waals surface area contributed by atoms with Gasteiger partial charge in [0.15, 0.2) is 5.72 Å². The Hall–Kier alpha value is -3.58. The summed E-state index contributed by atoms with van der Waals surface area (Å²) in [7, 11) is 0. The van der Waals surface area contributed by atoms with Crippen molar-refractivity contribution in [2.24, 2.45) is 0 Å². The van der Waals surface area contributed by atoms with Crippen molar-refractivity contribution >= 4 is 51.7 Å². The summed E-state index contributed by atoms with van der Waals surface area (Å²) in [5.74, 6) is -0.873. The third-order valence-corrected chi connectivity index (χ3v) is 6.50. The minimum Gasteiger partial charge on any atom is -0.439 e. The van der Waals surface area contributed by atoms with Gasteiger partial charge in [0.25, 0.3) is 5.91 Å². The van der Waals surface area contributed by atoms with E-state index in [1.165, 1.54) is 6.92 Å². The number of carbonyl (C=O) groups excluding carboxylic acids is 3. The Labute approximate surface area is 209 Å². The van der Waals surface area contributed by atoms with Gasteiger partial charge in [0.05, 0.1) is 22.0 Å². The number of nitrogens with one attached hydrogen (secondary N) is 3. The number of urea groups is 1. The maximum Gasteiger partial charge on any atom is 0.323 e. The molecule has 0 saturated heterocycles. The van der Waals surface area contributed by atoms with E-state index in [0.29, 0.717) is 29.2 Å². The molecule has 8 heteroatoms. The maximum absolute atomic E-state index is 13.5. The molecule has 35 heavy (non-hydrogen) atoms. The van der Waals surface area contributed by atoms with E-state index in [1.807, 2.05) is 37.3 Å². The number of carbonyl (C=O) groups is 3. The number of ether oxygens (including phenoxy) is 1. The number of halogens is 1. The van der Waals surface area contributed by atoms with E-state index in [4.69, 9.17) is 16.3 Å². The molecule has 4 rings (SSSR count). The van der Waals surface area contributed by atoms with E-state index >= 15 is 0 Å². The van der Waals surface area contributed by atoms with Crippen LogP contribution in [0.15, 0.2) is 54.6 Å². The zero-order valence-corrected chi connectivity index (χ0v) is 20.5. The lowest BCUT2D eigenvalue weighted by molar-refractivity contribution is -0.163. The van der Waals surface area contributed by atoms with Crippen LogP contribution in [0.25, 0.3) is 10.8 Å². The molecule has 1 aliphatic rings. The van der Waals surface area contributed by atoms with E-state index in [-0.39, 0.29) is 5.56 Å². The Bertz CT molecular complexity index is 1260. The number of para-hydroxylation sites is 1. The van der Waals surface area contributed by atoms with Gasteiger partial charge in [0.1, 0.15) is 0 Å². The molecule has 3 aromatic rings. The van der Waals surface area contributed by atoms with E-state index < -0.39 is 23.6 Å². The van der Waals surface area contributed by atoms with Gasteiger partial charge in [-0.25, -0.2) is 4.79 Å². The molecular weight excluding hydrogens is 466 g/mol. The molecule has 0 radical (unpaired) electrons. The molecular formula is C27H28ClN3O4. The molecule has 1 aliphatic carbocycles. The highest BCUT2D eigenvalue weighted by atomic mass is 35.5. The summed E-state index contributed by atoms with van der Waals surface area (Å²) in [6, 6.07) is 15.9. The first-order chi connectivity index (χ1) is 16.8. The number of anilines is 2. The monoisotopic (exact) mass is 493 g/mol. The number of fused-ring (bicyclic) bond motifs is 1. The lowest BCUT2D eigenvalue weighted by Crippen LogP contribution is -2.52. The molecule has 182 valence electrons. The average molecular weight is 494 g/mol. The number of rotatable bonds is 5. The third-order valence-electron chi connectivity index (χ3n) is 6.18. The first-order valence-electron chi connectivity index (χ1n) is 11.6. The highest BCUT2D eigenvalue weighted by molar-refractivity contribution is 6.34. The second kappa shape index (κ2) is 10.4. The smallest absolute Gasteiger partial charge is 0.323 e. The molecule has 3 N–H and O–H groups in total. The Morgan fingerprint density at radius 1 is 0.914 bits per heavy atom. The predicted molar refractivity (Wildman–Crippen MR) is 138 cm³/mol. The summed E-state index contributed by atoms with van der Waals surface area (Å²) in [5.41, 5.74) is 0.851. The molecule has 0 heterocycles. The van der Waals surface area contributed by atoms with Crippen LogP contribution in [0, 0.1) is 6.92 Å². The molecule has 0 unspecified atom stereocenters. The topological polar surface area (TPSA) is 96.5 Å². The lowest BCUT2D eigenvalue weighted by Gasteiger charge is -2.37. The molecule has 0 aromatic heterocycles. The van der Waals surface area contributed by atoms with Crippen LogP contribution < -0.4 is 16.0 Å². The molecule has 0 spiro atoms. The molecule has 3 amide bonds. The van der Waals surface area contributed by atoms with Crippen LogP contribution >= 0.6 is 11.6 Å². The number of hydrogen-bond donors (Lipinski definition) is 3. The van der Waals surface area contributed by atoms with E-state index in [9.17, 15) is 14.4 Å². The lowest BCUT2D eigenvalue weighted by atomic mass is 9.91. The van der Waals surface area contributed by atoms with Crippen molar-refractivity contribution in [2.75, 3.05) is 10.6 Å². The second-order valence-electron chi connectivity index (χ2n) is 8.86. The Morgan fingerprint density at radius 3 is 2.26 bits per heavy atom. The Kier molecular flexibility index (Phi) is 7.26.